The fraction of sp³-hybridized carbons (Fsp3) is 0.875. The molecule has 5 heteroatoms. The Kier molecular flexibility index (Phi) is 5.25. The van der Waals surface area contributed by atoms with Crippen molar-refractivity contribution >= 4 is 11.9 Å². The number of rotatable bonds is 5. The van der Waals surface area contributed by atoms with Crippen LogP contribution in [-0.2, 0) is 9.59 Å². The topological polar surface area (TPSA) is 60.9 Å². The zero-order valence-electron chi connectivity index (χ0n) is 13.3. The predicted octanol–water partition coefficient (Wildman–Crippen LogP) is 1.96. The average Bonchev–Trinajstić information content (AvgIpc) is 3.00. The highest BCUT2D eigenvalue weighted by Gasteiger charge is 2.43. The smallest absolute Gasteiger partial charge is 0.310 e. The van der Waals surface area contributed by atoms with Gasteiger partial charge in [0.2, 0.25) is 5.91 Å². The Labute approximate surface area is 127 Å². The summed E-state index contributed by atoms with van der Waals surface area (Å²) < 4.78 is 0. The first-order chi connectivity index (χ1) is 10.00. The summed E-state index contributed by atoms with van der Waals surface area (Å²) in [5.41, 5.74) is -0.660. The highest BCUT2D eigenvalue weighted by molar-refractivity contribution is 5.82. The Hall–Kier alpha value is -1.10. The van der Waals surface area contributed by atoms with Gasteiger partial charge in [-0.2, -0.15) is 0 Å². The maximum Gasteiger partial charge on any atom is 0.310 e. The quantitative estimate of drug-likeness (QED) is 0.842. The summed E-state index contributed by atoms with van der Waals surface area (Å²) >= 11 is 0. The number of piperidine rings is 1. The van der Waals surface area contributed by atoms with Gasteiger partial charge >= 0.3 is 5.97 Å². The lowest BCUT2D eigenvalue weighted by Gasteiger charge is -2.42. The first-order valence-corrected chi connectivity index (χ1v) is 8.26. The van der Waals surface area contributed by atoms with Gasteiger partial charge < -0.3 is 10.0 Å². The Morgan fingerprint density at radius 1 is 1.19 bits per heavy atom. The lowest BCUT2D eigenvalue weighted by atomic mass is 9.76. The van der Waals surface area contributed by atoms with Crippen LogP contribution in [0.25, 0.3) is 0 Å². The molecule has 2 saturated heterocycles. The summed E-state index contributed by atoms with van der Waals surface area (Å²) in [5.74, 6) is -0.528. The van der Waals surface area contributed by atoms with Crippen molar-refractivity contribution in [3.05, 3.63) is 0 Å². The number of hydrogen-bond donors (Lipinski definition) is 1. The number of carbonyl (C=O) groups excluding carboxylic acids is 1. The van der Waals surface area contributed by atoms with Crippen molar-refractivity contribution in [1.82, 2.24) is 9.80 Å². The highest BCUT2D eigenvalue weighted by Crippen LogP contribution is 2.36. The number of likely N-dealkylation sites (tertiary alicyclic amines) is 2. The predicted molar refractivity (Wildman–Crippen MR) is 81.1 cm³/mol. The lowest BCUT2D eigenvalue weighted by Crippen LogP contribution is -2.54. The zero-order chi connectivity index (χ0) is 15.5. The Morgan fingerprint density at radius 2 is 1.86 bits per heavy atom. The molecule has 0 aromatic heterocycles. The van der Waals surface area contributed by atoms with Gasteiger partial charge in [-0.3, -0.25) is 14.5 Å². The number of carbonyl (C=O) groups is 2. The lowest BCUT2D eigenvalue weighted by molar-refractivity contribution is -0.155. The number of hydrogen-bond acceptors (Lipinski definition) is 3. The molecular formula is C16H28N2O3. The molecule has 2 heterocycles. The third-order valence-corrected chi connectivity index (χ3v) is 5.11. The van der Waals surface area contributed by atoms with Crippen LogP contribution in [-0.4, -0.2) is 59.0 Å². The van der Waals surface area contributed by atoms with Crippen LogP contribution in [0.1, 0.15) is 52.4 Å². The van der Waals surface area contributed by atoms with Gasteiger partial charge in [-0.15, -0.1) is 0 Å². The summed E-state index contributed by atoms with van der Waals surface area (Å²) in [4.78, 5) is 28.3. The number of carboxylic acids is 1. The van der Waals surface area contributed by atoms with E-state index in [1.54, 1.807) is 0 Å². The molecule has 2 atom stereocenters. The van der Waals surface area contributed by atoms with E-state index in [9.17, 15) is 14.7 Å². The minimum atomic E-state index is -0.699. The monoisotopic (exact) mass is 296 g/mol. The van der Waals surface area contributed by atoms with Gasteiger partial charge in [0.25, 0.3) is 0 Å². The van der Waals surface area contributed by atoms with E-state index in [4.69, 9.17) is 0 Å². The average molecular weight is 296 g/mol. The highest BCUT2D eigenvalue weighted by atomic mass is 16.4. The number of aliphatic carboxylic acids is 1. The van der Waals surface area contributed by atoms with E-state index < -0.39 is 11.4 Å². The molecular weight excluding hydrogens is 268 g/mol. The minimum absolute atomic E-state index is 0.171. The van der Waals surface area contributed by atoms with Crippen LogP contribution < -0.4 is 0 Å². The van der Waals surface area contributed by atoms with Crippen molar-refractivity contribution in [2.24, 2.45) is 5.41 Å². The van der Waals surface area contributed by atoms with E-state index in [1.165, 1.54) is 0 Å². The second-order valence-electron chi connectivity index (χ2n) is 6.62. The summed E-state index contributed by atoms with van der Waals surface area (Å²) in [6.45, 7) is 7.02. The normalized spacial score (nSPS) is 28.6. The Bertz CT molecular complexity index is 389. The SMILES string of the molecule is CCCC1(C(=O)O)CCCN(C(C)C(=O)N2CCCC2)C1. The molecule has 0 radical (unpaired) electrons. The van der Waals surface area contributed by atoms with E-state index in [0.717, 1.165) is 51.7 Å². The zero-order valence-corrected chi connectivity index (χ0v) is 13.3. The van der Waals surface area contributed by atoms with Crippen molar-refractivity contribution in [1.29, 1.82) is 0 Å². The molecule has 2 rings (SSSR count). The molecule has 0 saturated carbocycles. The first-order valence-electron chi connectivity index (χ1n) is 8.26. The second kappa shape index (κ2) is 6.77. The Balaban J connectivity index is 2.05. The molecule has 0 spiro atoms. The van der Waals surface area contributed by atoms with Crippen molar-refractivity contribution < 1.29 is 14.7 Å². The van der Waals surface area contributed by atoms with Gasteiger partial charge in [0.05, 0.1) is 11.5 Å². The van der Waals surface area contributed by atoms with E-state index in [2.05, 4.69) is 4.90 Å². The van der Waals surface area contributed by atoms with Gasteiger partial charge in [-0.05, 0) is 45.6 Å². The van der Waals surface area contributed by atoms with Crippen LogP contribution in [0.5, 0.6) is 0 Å². The first kappa shape index (κ1) is 16.3. The van der Waals surface area contributed by atoms with Crippen LogP contribution in [0.2, 0.25) is 0 Å². The third-order valence-electron chi connectivity index (χ3n) is 5.11. The summed E-state index contributed by atoms with van der Waals surface area (Å²) in [6.07, 6.45) is 5.35. The fourth-order valence-corrected chi connectivity index (χ4v) is 3.82. The van der Waals surface area contributed by atoms with Crippen molar-refractivity contribution in [2.75, 3.05) is 26.2 Å². The van der Waals surface area contributed by atoms with Gasteiger partial charge in [0.15, 0.2) is 0 Å². The van der Waals surface area contributed by atoms with Crippen molar-refractivity contribution in [3.63, 3.8) is 0 Å². The molecule has 1 amide bonds. The van der Waals surface area contributed by atoms with E-state index in [1.807, 2.05) is 18.7 Å². The van der Waals surface area contributed by atoms with Crippen LogP contribution in [0, 0.1) is 5.41 Å². The maximum absolute atomic E-state index is 12.5. The summed E-state index contributed by atoms with van der Waals surface area (Å²) in [5, 5.41) is 9.65. The molecule has 0 aliphatic carbocycles. The van der Waals surface area contributed by atoms with Crippen molar-refractivity contribution in [3.8, 4) is 0 Å². The largest absolute Gasteiger partial charge is 0.481 e. The molecule has 0 bridgehead atoms. The molecule has 2 aliphatic heterocycles. The van der Waals surface area contributed by atoms with E-state index in [-0.39, 0.29) is 11.9 Å². The standard InChI is InChI=1S/C16H28N2O3/c1-3-7-16(15(20)21)8-6-11-18(12-16)13(2)14(19)17-9-4-5-10-17/h13H,3-12H2,1-2H3,(H,20,21). The molecule has 0 aromatic carbocycles. The number of nitrogens with zero attached hydrogens (tertiary/aromatic N) is 2. The molecule has 1 N–H and O–H groups in total. The molecule has 5 nitrogen and oxygen atoms in total. The van der Waals surface area contributed by atoms with Crippen LogP contribution in [0.4, 0.5) is 0 Å². The molecule has 2 aliphatic rings. The van der Waals surface area contributed by atoms with Crippen molar-refractivity contribution in [2.45, 2.75) is 58.4 Å². The Morgan fingerprint density at radius 3 is 2.43 bits per heavy atom. The second-order valence-corrected chi connectivity index (χ2v) is 6.62. The van der Waals surface area contributed by atoms with Crippen LogP contribution in [0.3, 0.4) is 0 Å². The van der Waals surface area contributed by atoms with Gasteiger partial charge in [-0.25, -0.2) is 0 Å². The van der Waals surface area contributed by atoms with Gasteiger partial charge in [0, 0.05) is 19.6 Å². The van der Waals surface area contributed by atoms with E-state index >= 15 is 0 Å². The molecule has 21 heavy (non-hydrogen) atoms. The van der Waals surface area contributed by atoms with Gasteiger partial charge in [0.1, 0.15) is 0 Å². The van der Waals surface area contributed by atoms with E-state index in [0.29, 0.717) is 13.0 Å². The molecule has 120 valence electrons. The number of carboxylic acid groups (broad SMARTS) is 1. The van der Waals surface area contributed by atoms with Crippen LogP contribution >= 0.6 is 0 Å². The minimum Gasteiger partial charge on any atom is -0.481 e. The molecule has 2 fully saturated rings. The summed E-state index contributed by atoms with van der Waals surface area (Å²) in [7, 11) is 0. The van der Waals surface area contributed by atoms with Crippen LogP contribution in [0.15, 0.2) is 0 Å². The third kappa shape index (κ3) is 3.39. The maximum atomic E-state index is 12.5. The molecule has 2 unspecified atom stereocenters. The molecule has 0 aromatic rings. The fourth-order valence-electron chi connectivity index (χ4n) is 3.82. The van der Waals surface area contributed by atoms with Gasteiger partial charge in [-0.1, -0.05) is 13.3 Å². The number of amides is 1. The summed E-state index contributed by atoms with van der Waals surface area (Å²) in [6, 6.07) is -0.195.